The van der Waals surface area contributed by atoms with Crippen LogP contribution in [0.3, 0.4) is 0 Å². The molecule has 0 spiro atoms. The molecule has 1 saturated carbocycles. The van der Waals surface area contributed by atoms with Gasteiger partial charge in [0.1, 0.15) is 0 Å². The van der Waals surface area contributed by atoms with Crippen molar-refractivity contribution in [2.24, 2.45) is 5.92 Å². The van der Waals surface area contributed by atoms with Crippen LogP contribution in [-0.4, -0.2) is 6.04 Å². The number of anilines is 1. The van der Waals surface area contributed by atoms with Crippen LogP contribution in [0.1, 0.15) is 30.9 Å². The second kappa shape index (κ2) is 3.64. The van der Waals surface area contributed by atoms with Crippen LogP contribution in [0.5, 0.6) is 0 Å². The van der Waals surface area contributed by atoms with Gasteiger partial charge < -0.3 is 5.32 Å². The Labute approximate surface area is 86.5 Å². The van der Waals surface area contributed by atoms with E-state index in [2.05, 4.69) is 44.3 Å². The Morgan fingerprint density at radius 3 is 2.64 bits per heavy atom. The Bertz CT molecular complexity index is 326. The van der Waals surface area contributed by atoms with Crippen LogP contribution in [0.15, 0.2) is 18.2 Å². The zero-order chi connectivity index (χ0) is 10.1. The molecule has 1 atom stereocenters. The fraction of sp³-hybridized carbons (Fsp3) is 0.538. The van der Waals surface area contributed by atoms with Gasteiger partial charge in [0, 0.05) is 11.7 Å². The summed E-state index contributed by atoms with van der Waals surface area (Å²) in [6.45, 7) is 6.60. The number of aryl methyl sites for hydroxylation is 2. The number of rotatable bonds is 3. The Balaban J connectivity index is 2.10. The molecule has 0 bridgehead atoms. The van der Waals surface area contributed by atoms with Crippen LogP contribution < -0.4 is 5.32 Å². The first kappa shape index (κ1) is 9.57. The van der Waals surface area contributed by atoms with E-state index >= 15 is 0 Å². The average molecular weight is 189 g/mol. The van der Waals surface area contributed by atoms with E-state index in [4.69, 9.17) is 0 Å². The predicted octanol–water partition coefficient (Wildman–Crippen LogP) is 3.51. The topological polar surface area (TPSA) is 12.0 Å². The molecule has 1 nitrogen and oxygen atoms in total. The van der Waals surface area contributed by atoms with Crippen LogP contribution >= 0.6 is 0 Å². The fourth-order valence-corrected chi connectivity index (χ4v) is 1.85. The van der Waals surface area contributed by atoms with E-state index in [1.807, 2.05) is 0 Å². The van der Waals surface area contributed by atoms with Gasteiger partial charge in [-0.1, -0.05) is 12.1 Å². The quantitative estimate of drug-likeness (QED) is 0.767. The highest BCUT2D eigenvalue weighted by Crippen LogP contribution is 2.34. The molecule has 1 aliphatic carbocycles. The molecular weight excluding hydrogens is 170 g/mol. The first-order valence-corrected chi connectivity index (χ1v) is 5.50. The Hall–Kier alpha value is -0.980. The minimum absolute atomic E-state index is 0.635. The summed E-state index contributed by atoms with van der Waals surface area (Å²) < 4.78 is 0. The van der Waals surface area contributed by atoms with Gasteiger partial charge in [0.15, 0.2) is 0 Å². The summed E-state index contributed by atoms with van der Waals surface area (Å²) in [6, 6.07) is 7.24. The molecular formula is C13H19N. The lowest BCUT2D eigenvalue weighted by Gasteiger charge is -2.16. The lowest BCUT2D eigenvalue weighted by Crippen LogP contribution is -2.17. The molecule has 1 aliphatic rings. The van der Waals surface area contributed by atoms with Crippen molar-refractivity contribution in [3.05, 3.63) is 29.3 Å². The Morgan fingerprint density at radius 1 is 1.29 bits per heavy atom. The zero-order valence-electron chi connectivity index (χ0n) is 9.30. The van der Waals surface area contributed by atoms with Crippen LogP contribution in [0, 0.1) is 19.8 Å². The van der Waals surface area contributed by atoms with Crippen molar-refractivity contribution < 1.29 is 0 Å². The normalized spacial score (nSPS) is 17.9. The van der Waals surface area contributed by atoms with Crippen molar-refractivity contribution in [2.75, 3.05) is 5.32 Å². The van der Waals surface area contributed by atoms with Crippen LogP contribution in [0.4, 0.5) is 5.69 Å². The van der Waals surface area contributed by atoms with Crippen LogP contribution in [0.25, 0.3) is 0 Å². The predicted molar refractivity (Wildman–Crippen MR) is 61.7 cm³/mol. The zero-order valence-corrected chi connectivity index (χ0v) is 9.30. The maximum atomic E-state index is 3.61. The van der Waals surface area contributed by atoms with E-state index in [9.17, 15) is 0 Å². The first-order valence-electron chi connectivity index (χ1n) is 5.50. The summed E-state index contributed by atoms with van der Waals surface area (Å²) in [6.07, 6.45) is 2.80. The molecule has 1 aromatic rings. The summed E-state index contributed by atoms with van der Waals surface area (Å²) in [4.78, 5) is 0. The molecule has 1 heteroatoms. The molecule has 1 aromatic carbocycles. The molecule has 76 valence electrons. The standard InChI is InChI=1S/C13H19N/c1-9-4-5-10(2)13(8-9)14-11(3)12-6-7-12/h4-5,8,11-12,14H,6-7H2,1-3H3/t11-/m0/s1. The highest BCUT2D eigenvalue weighted by molar-refractivity contribution is 5.53. The van der Waals surface area contributed by atoms with Crippen molar-refractivity contribution in [2.45, 2.75) is 39.7 Å². The SMILES string of the molecule is Cc1ccc(C)c(N[C@@H](C)C2CC2)c1. The maximum absolute atomic E-state index is 3.61. The lowest BCUT2D eigenvalue weighted by atomic mass is 10.1. The molecule has 1 fully saturated rings. The van der Waals surface area contributed by atoms with Gasteiger partial charge >= 0.3 is 0 Å². The largest absolute Gasteiger partial charge is 0.382 e. The maximum Gasteiger partial charge on any atom is 0.0374 e. The second-order valence-electron chi connectivity index (χ2n) is 4.59. The number of hydrogen-bond acceptors (Lipinski definition) is 1. The van der Waals surface area contributed by atoms with E-state index in [1.165, 1.54) is 29.7 Å². The van der Waals surface area contributed by atoms with Gasteiger partial charge in [0.25, 0.3) is 0 Å². The van der Waals surface area contributed by atoms with E-state index in [0.717, 1.165) is 5.92 Å². The van der Waals surface area contributed by atoms with Crippen LogP contribution in [0.2, 0.25) is 0 Å². The molecule has 1 N–H and O–H groups in total. The molecule has 14 heavy (non-hydrogen) atoms. The number of hydrogen-bond donors (Lipinski definition) is 1. The highest BCUT2D eigenvalue weighted by atomic mass is 14.9. The monoisotopic (exact) mass is 189 g/mol. The van der Waals surface area contributed by atoms with Gasteiger partial charge in [-0.3, -0.25) is 0 Å². The van der Waals surface area contributed by atoms with Gasteiger partial charge in [0.05, 0.1) is 0 Å². The van der Waals surface area contributed by atoms with E-state index in [1.54, 1.807) is 0 Å². The summed E-state index contributed by atoms with van der Waals surface area (Å²) in [7, 11) is 0. The van der Waals surface area contributed by atoms with Crippen molar-refractivity contribution in [3.8, 4) is 0 Å². The molecule has 0 saturated heterocycles. The summed E-state index contributed by atoms with van der Waals surface area (Å²) in [5, 5.41) is 3.61. The van der Waals surface area contributed by atoms with Gasteiger partial charge in [-0.25, -0.2) is 0 Å². The first-order chi connectivity index (χ1) is 6.66. The smallest absolute Gasteiger partial charge is 0.0374 e. The molecule has 0 aliphatic heterocycles. The third-order valence-corrected chi connectivity index (χ3v) is 3.11. The van der Waals surface area contributed by atoms with E-state index < -0.39 is 0 Å². The second-order valence-corrected chi connectivity index (χ2v) is 4.59. The average Bonchev–Trinajstić information content (AvgIpc) is 2.94. The third kappa shape index (κ3) is 2.09. The van der Waals surface area contributed by atoms with Gasteiger partial charge in [0.2, 0.25) is 0 Å². The Morgan fingerprint density at radius 2 is 2.00 bits per heavy atom. The summed E-state index contributed by atoms with van der Waals surface area (Å²) in [5.74, 6) is 0.912. The van der Waals surface area contributed by atoms with Gasteiger partial charge in [-0.05, 0) is 56.7 Å². The molecule has 0 radical (unpaired) electrons. The minimum Gasteiger partial charge on any atom is -0.382 e. The van der Waals surface area contributed by atoms with E-state index in [-0.39, 0.29) is 0 Å². The third-order valence-electron chi connectivity index (χ3n) is 3.11. The molecule has 2 rings (SSSR count). The van der Waals surface area contributed by atoms with Crippen molar-refractivity contribution >= 4 is 5.69 Å². The van der Waals surface area contributed by atoms with Gasteiger partial charge in [-0.2, -0.15) is 0 Å². The molecule has 0 amide bonds. The number of benzene rings is 1. The van der Waals surface area contributed by atoms with Crippen LogP contribution in [-0.2, 0) is 0 Å². The fourth-order valence-electron chi connectivity index (χ4n) is 1.85. The van der Waals surface area contributed by atoms with Crippen molar-refractivity contribution in [1.29, 1.82) is 0 Å². The van der Waals surface area contributed by atoms with Crippen molar-refractivity contribution in [3.63, 3.8) is 0 Å². The van der Waals surface area contributed by atoms with Gasteiger partial charge in [-0.15, -0.1) is 0 Å². The highest BCUT2D eigenvalue weighted by Gasteiger charge is 2.27. The van der Waals surface area contributed by atoms with Crippen molar-refractivity contribution in [1.82, 2.24) is 0 Å². The Kier molecular flexibility index (Phi) is 2.49. The molecule has 0 aromatic heterocycles. The lowest BCUT2D eigenvalue weighted by molar-refractivity contribution is 0.693. The van der Waals surface area contributed by atoms with E-state index in [0.29, 0.717) is 6.04 Å². The summed E-state index contributed by atoms with van der Waals surface area (Å²) >= 11 is 0. The number of nitrogens with one attached hydrogen (secondary N) is 1. The molecule has 0 heterocycles. The molecule has 0 unspecified atom stereocenters. The summed E-state index contributed by atoms with van der Waals surface area (Å²) in [5.41, 5.74) is 3.99. The minimum atomic E-state index is 0.635.